The van der Waals surface area contributed by atoms with Crippen LogP contribution in [-0.2, 0) is 11.2 Å². The number of halogens is 1. The predicted octanol–water partition coefficient (Wildman–Crippen LogP) is 5.73. The summed E-state index contributed by atoms with van der Waals surface area (Å²) in [5.41, 5.74) is 4.70. The van der Waals surface area contributed by atoms with Crippen LogP contribution < -0.4 is 10.6 Å². The average molecular weight is 457 g/mol. The van der Waals surface area contributed by atoms with Gasteiger partial charge in [0.15, 0.2) is 0 Å². The molecule has 2 saturated carbocycles. The van der Waals surface area contributed by atoms with Crippen LogP contribution in [0.5, 0.6) is 0 Å². The van der Waals surface area contributed by atoms with E-state index in [2.05, 4.69) is 46.6 Å². The van der Waals surface area contributed by atoms with Gasteiger partial charge in [-0.3, -0.25) is 9.97 Å². The van der Waals surface area contributed by atoms with Gasteiger partial charge in [0.1, 0.15) is 0 Å². The molecule has 4 rings (SSSR count). The number of rotatable bonds is 10. The van der Waals surface area contributed by atoms with Gasteiger partial charge in [-0.25, -0.2) is 0 Å². The minimum atomic E-state index is 0.410. The van der Waals surface area contributed by atoms with Crippen molar-refractivity contribution < 1.29 is 4.74 Å². The molecule has 0 amide bonds. The van der Waals surface area contributed by atoms with E-state index in [0.29, 0.717) is 28.4 Å². The molecule has 6 heteroatoms. The molecule has 2 fully saturated rings. The van der Waals surface area contributed by atoms with Crippen LogP contribution in [0.25, 0.3) is 11.1 Å². The second-order valence-electron chi connectivity index (χ2n) is 10.2. The first-order chi connectivity index (χ1) is 15.4. The van der Waals surface area contributed by atoms with Gasteiger partial charge < -0.3 is 15.4 Å². The van der Waals surface area contributed by atoms with E-state index in [1.807, 2.05) is 12.4 Å². The van der Waals surface area contributed by atoms with E-state index in [4.69, 9.17) is 16.3 Å². The zero-order valence-electron chi connectivity index (χ0n) is 19.7. The standard InChI is InChI=1S/C26H37ClN4O/c1-18(16-32-3)31-21-6-4-19(5-7-21)10-22-12-24(25(27)15-29-22)20-11-23(14-28-13-20)30-17-26(2)8-9-26/h11-15,18-19,21,30-31H,4-10,16-17H2,1-3H3/t18-,19?,21?/m0/s1. The highest BCUT2D eigenvalue weighted by Gasteiger charge is 2.36. The van der Waals surface area contributed by atoms with Crippen LogP contribution >= 0.6 is 11.6 Å². The Kier molecular flexibility index (Phi) is 7.70. The van der Waals surface area contributed by atoms with Crippen molar-refractivity contribution >= 4 is 17.3 Å². The molecule has 2 aromatic heterocycles. The fraction of sp³-hybridized carbons (Fsp3) is 0.615. The molecular formula is C26H37ClN4O. The topological polar surface area (TPSA) is 59.1 Å². The molecule has 2 aliphatic carbocycles. The lowest BCUT2D eigenvalue weighted by molar-refractivity contribution is 0.158. The zero-order valence-corrected chi connectivity index (χ0v) is 20.4. The van der Waals surface area contributed by atoms with Crippen molar-refractivity contribution in [3.05, 3.63) is 41.4 Å². The van der Waals surface area contributed by atoms with E-state index in [1.165, 1.54) is 38.5 Å². The third-order valence-electron chi connectivity index (χ3n) is 7.07. The molecule has 0 spiro atoms. The summed E-state index contributed by atoms with van der Waals surface area (Å²) in [6.07, 6.45) is 14.1. The van der Waals surface area contributed by atoms with Crippen LogP contribution in [0.15, 0.2) is 30.7 Å². The quantitative estimate of drug-likeness (QED) is 0.477. The Balaban J connectivity index is 1.36. The molecular weight excluding hydrogens is 420 g/mol. The van der Waals surface area contributed by atoms with Crippen LogP contribution in [0.1, 0.15) is 58.1 Å². The van der Waals surface area contributed by atoms with E-state index >= 15 is 0 Å². The molecule has 0 saturated heterocycles. The van der Waals surface area contributed by atoms with Gasteiger partial charge in [-0.1, -0.05) is 18.5 Å². The van der Waals surface area contributed by atoms with Crippen LogP contribution in [-0.4, -0.2) is 42.3 Å². The molecule has 0 bridgehead atoms. The fourth-order valence-corrected chi connectivity index (χ4v) is 4.95. The smallest absolute Gasteiger partial charge is 0.0668 e. The van der Waals surface area contributed by atoms with Gasteiger partial charge in [-0.05, 0) is 75.3 Å². The zero-order chi connectivity index (χ0) is 22.6. The van der Waals surface area contributed by atoms with Crippen LogP contribution in [0, 0.1) is 11.3 Å². The minimum Gasteiger partial charge on any atom is -0.383 e. The molecule has 32 heavy (non-hydrogen) atoms. The maximum Gasteiger partial charge on any atom is 0.0668 e. The summed E-state index contributed by atoms with van der Waals surface area (Å²) in [5, 5.41) is 7.93. The normalized spacial score (nSPS) is 23.0. The summed E-state index contributed by atoms with van der Waals surface area (Å²) in [6.45, 7) is 6.28. The summed E-state index contributed by atoms with van der Waals surface area (Å²) in [6, 6.07) is 5.33. The highest BCUT2D eigenvalue weighted by molar-refractivity contribution is 6.33. The van der Waals surface area contributed by atoms with Crippen molar-refractivity contribution in [2.75, 3.05) is 25.6 Å². The average Bonchev–Trinajstić information content (AvgIpc) is 3.53. The van der Waals surface area contributed by atoms with Crippen LogP contribution in [0.3, 0.4) is 0 Å². The molecule has 1 atom stereocenters. The first-order valence-electron chi connectivity index (χ1n) is 12.0. The largest absolute Gasteiger partial charge is 0.383 e. The molecule has 5 nitrogen and oxygen atoms in total. The maximum atomic E-state index is 6.55. The number of nitrogens with zero attached hydrogens (tertiary/aromatic N) is 2. The number of pyridine rings is 2. The van der Waals surface area contributed by atoms with E-state index in [-0.39, 0.29) is 0 Å². The van der Waals surface area contributed by atoms with Gasteiger partial charge in [0.25, 0.3) is 0 Å². The van der Waals surface area contributed by atoms with Gasteiger partial charge in [0.2, 0.25) is 0 Å². The number of methoxy groups -OCH3 is 1. The molecule has 2 aromatic rings. The van der Waals surface area contributed by atoms with Gasteiger partial charge in [-0.2, -0.15) is 0 Å². The molecule has 0 unspecified atom stereocenters. The van der Waals surface area contributed by atoms with Gasteiger partial charge in [-0.15, -0.1) is 0 Å². The summed E-state index contributed by atoms with van der Waals surface area (Å²) in [5.74, 6) is 0.678. The Morgan fingerprint density at radius 1 is 1.16 bits per heavy atom. The molecule has 2 N–H and O–H groups in total. The van der Waals surface area contributed by atoms with E-state index in [9.17, 15) is 0 Å². The van der Waals surface area contributed by atoms with Crippen molar-refractivity contribution in [2.24, 2.45) is 11.3 Å². The third kappa shape index (κ3) is 6.43. The van der Waals surface area contributed by atoms with E-state index in [0.717, 1.165) is 42.1 Å². The minimum absolute atomic E-state index is 0.410. The SMILES string of the molecule is COC[C@H](C)NC1CCC(Cc2cc(-c3cncc(NCC4(C)CC4)c3)c(Cl)cn2)CC1. The van der Waals surface area contributed by atoms with Gasteiger partial charge in [0, 0.05) is 61.1 Å². The molecule has 0 aromatic carbocycles. The predicted molar refractivity (Wildman–Crippen MR) is 132 cm³/mol. The lowest BCUT2D eigenvalue weighted by atomic mass is 9.83. The fourth-order valence-electron chi connectivity index (χ4n) is 4.73. The van der Waals surface area contributed by atoms with E-state index < -0.39 is 0 Å². The monoisotopic (exact) mass is 456 g/mol. The number of anilines is 1. The summed E-state index contributed by atoms with van der Waals surface area (Å²) in [4.78, 5) is 9.11. The summed E-state index contributed by atoms with van der Waals surface area (Å²) < 4.78 is 5.25. The van der Waals surface area contributed by atoms with Crippen molar-refractivity contribution in [1.29, 1.82) is 0 Å². The van der Waals surface area contributed by atoms with Crippen molar-refractivity contribution in [2.45, 2.75) is 70.9 Å². The van der Waals surface area contributed by atoms with Crippen molar-refractivity contribution in [3.8, 4) is 11.1 Å². The van der Waals surface area contributed by atoms with Gasteiger partial charge in [0.05, 0.1) is 17.3 Å². The Hall–Kier alpha value is -1.69. The molecule has 0 radical (unpaired) electrons. The molecule has 0 aliphatic heterocycles. The first-order valence-corrected chi connectivity index (χ1v) is 12.4. The number of hydrogen-bond acceptors (Lipinski definition) is 5. The lowest BCUT2D eigenvalue weighted by Crippen LogP contribution is -2.41. The van der Waals surface area contributed by atoms with Gasteiger partial charge >= 0.3 is 0 Å². The highest BCUT2D eigenvalue weighted by Crippen LogP contribution is 2.44. The summed E-state index contributed by atoms with van der Waals surface area (Å²) in [7, 11) is 1.76. The third-order valence-corrected chi connectivity index (χ3v) is 7.37. The first kappa shape index (κ1) is 23.5. The number of nitrogens with one attached hydrogen (secondary N) is 2. The molecule has 2 heterocycles. The number of hydrogen-bond donors (Lipinski definition) is 2. The number of ether oxygens (including phenoxy) is 1. The number of aromatic nitrogens is 2. The van der Waals surface area contributed by atoms with Crippen LogP contribution in [0.4, 0.5) is 5.69 Å². The van der Waals surface area contributed by atoms with Crippen molar-refractivity contribution in [3.63, 3.8) is 0 Å². The van der Waals surface area contributed by atoms with E-state index in [1.54, 1.807) is 13.3 Å². The Morgan fingerprint density at radius 2 is 1.94 bits per heavy atom. The Bertz CT molecular complexity index is 893. The maximum absolute atomic E-state index is 6.55. The molecule has 2 aliphatic rings. The summed E-state index contributed by atoms with van der Waals surface area (Å²) >= 11 is 6.55. The lowest BCUT2D eigenvalue weighted by Gasteiger charge is -2.31. The molecule has 174 valence electrons. The second kappa shape index (κ2) is 10.5. The second-order valence-corrected chi connectivity index (χ2v) is 10.6. The highest BCUT2D eigenvalue weighted by atomic mass is 35.5. The van der Waals surface area contributed by atoms with Crippen LogP contribution in [0.2, 0.25) is 5.02 Å². The Labute approximate surface area is 197 Å². The van der Waals surface area contributed by atoms with Crippen molar-refractivity contribution in [1.82, 2.24) is 15.3 Å². The Morgan fingerprint density at radius 3 is 2.66 bits per heavy atom.